The third kappa shape index (κ3) is 4.95. The zero-order valence-electron chi connectivity index (χ0n) is 12.5. The van der Waals surface area contributed by atoms with Crippen molar-refractivity contribution in [3.8, 4) is 0 Å². The van der Waals surface area contributed by atoms with Gasteiger partial charge in [-0.15, -0.1) is 11.3 Å². The average molecular weight is 303 g/mol. The Balaban J connectivity index is 2.83. The molecule has 19 heavy (non-hydrogen) atoms. The second-order valence-electron chi connectivity index (χ2n) is 4.49. The van der Waals surface area contributed by atoms with Gasteiger partial charge in [0, 0.05) is 37.4 Å². The molecule has 0 bridgehead atoms. The molecule has 6 heteroatoms. The lowest BCUT2D eigenvalue weighted by atomic mass is 10.3. The number of methoxy groups -OCH3 is 1. The molecular weight excluding hydrogens is 278 g/mol. The Kier molecular flexibility index (Phi) is 7.75. The molecule has 0 saturated heterocycles. The van der Waals surface area contributed by atoms with Gasteiger partial charge in [0.25, 0.3) is 0 Å². The third-order valence-corrected chi connectivity index (χ3v) is 4.96. The quantitative estimate of drug-likeness (QED) is 0.759. The summed E-state index contributed by atoms with van der Waals surface area (Å²) in [7, 11) is 3.84. The zero-order chi connectivity index (χ0) is 14.3. The van der Waals surface area contributed by atoms with E-state index in [9.17, 15) is 0 Å². The summed E-state index contributed by atoms with van der Waals surface area (Å²) in [6.07, 6.45) is 2.14. The Hall–Kier alpha value is -0.300. The first kappa shape index (κ1) is 16.8. The Labute approximate surface area is 124 Å². The van der Waals surface area contributed by atoms with Crippen molar-refractivity contribution in [2.24, 2.45) is 0 Å². The van der Waals surface area contributed by atoms with E-state index in [2.05, 4.69) is 37.4 Å². The summed E-state index contributed by atoms with van der Waals surface area (Å²) >= 11 is 3.63. The molecular formula is C13H25N3OS2. The van der Waals surface area contributed by atoms with Gasteiger partial charge in [-0.2, -0.15) is 11.8 Å². The fourth-order valence-electron chi connectivity index (χ4n) is 1.69. The van der Waals surface area contributed by atoms with Crippen LogP contribution >= 0.6 is 23.1 Å². The smallest absolute Gasteiger partial charge is 0.185 e. The second kappa shape index (κ2) is 8.79. The van der Waals surface area contributed by atoms with Crippen molar-refractivity contribution in [3.05, 3.63) is 10.6 Å². The lowest BCUT2D eigenvalue weighted by molar-refractivity contribution is 0.181. The molecule has 1 heterocycles. The van der Waals surface area contributed by atoms with E-state index < -0.39 is 0 Å². The number of thiazole rings is 1. The van der Waals surface area contributed by atoms with Crippen LogP contribution in [0.15, 0.2) is 0 Å². The molecule has 1 rings (SSSR count). The maximum Gasteiger partial charge on any atom is 0.185 e. The minimum absolute atomic E-state index is 0.489. The normalized spacial score (nSPS) is 12.7. The molecule has 1 aromatic heterocycles. The molecule has 110 valence electrons. The van der Waals surface area contributed by atoms with Crippen molar-refractivity contribution in [3.63, 3.8) is 0 Å². The highest BCUT2D eigenvalue weighted by atomic mass is 32.2. The van der Waals surface area contributed by atoms with Crippen molar-refractivity contribution in [2.75, 3.05) is 37.6 Å². The van der Waals surface area contributed by atoms with Crippen molar-refractivity contribution >= 4 is 28.2 Å². The molecule has 1 unspecified atom stereocenters. The van der Waals surface area contributed by atoms with E-state index in [-0.39, 0.29) is 0 Å². The van der Waals surface area contributed by atoms with Crippen LogP contribution < -0.4 is 10.2 Å². The first-order valence-corrected chi connectivity index (χ1v) is 8.75. The molecule has 0 aliphatic carbocycles. The molecule has 0 fully saturated rings. The van der Waals surface area contributed by atoms with Crippen LogP contribution in [0.3, 0.4) is 0 Å². The van der Waals surface area contributed by atoms with Gasteiger partial charge in [-0.3, -0.25) is 0 Å². The van der Waals surface area contributed by atoms with Crippen molar-refractivity contribution in [1.29, 1.82) is 0 Å². The predicted octanol–water partition coefficient (Wildman–Crippen LogP) is 2.59. The lowest BCUT2D eigenvalue weighted by Crippen LogP contribution is -2.30. The Morgan fingerprint density at radius 2 is 2.26 bits per heavy atom. The van der Waals surface area contributed by atoms with Crippen LogP contribution in [0.1, 0.15) is 24.4 Å². The van der Waals surface area contributed by atoms with Gasteiger partial charge in [-0.1, -0.05) is 6.92 Å². The van der Waals surface area contributed by atoms with Crippen LogP contribution in [0.2, 0.25) is 0 Å². The highest BCUT2D eigenvalue weighted by molar-refractivity contribution is 7.98. The van der Waals surface area contributed by atoms with Gasteiger partial charge in [0.2, 0.25) is 0 Å². The maximum atomic E-state index is 5.24. The molecule has 1 N–H and O–H groups in total. The molecule has 0 aromatic carbocycles. The number of nitrogens with one attached hydrogen (secondary N) is 1. The Morgan fingerprint density at radius 1 is 1.53 bits per heavy atom. The lowest BCUT2D eigenvalue weighted by Gasteiger charge is -2.23. The molecule has 0 saturated carbocycles. The largest absolute Gasteiger partial charge is 0.378 e. The highest BCUT2D eigenvalue weighted by Crippen LogP contribution is 2.27. The van der Waals surface area contributed by atoms with Gasteiger partial charge in [0.1, 0.15) is 0 Å². The molecule has 0 amide bonds. The molecule has 0 aliphatic rings. The number of anilines is 1. The molecule has 0 spiro atoms. The van der Waals surface area contributed by atoms with Gasteiger partial charge >= 0.3 is 0 Å². The number of rotatable bonds is 9. The molecule has 4 nitrogen and oxygen atoms in total. The summed E-state index contributed by atoms with van der Waals surface area (Å²) in [5, 5.41) is 4.45. The van der Waals surface area contributed by atoms with Gasteiger partial charge in [0.05, 0.1) is 12.3 Å². The minimum atomic E-state index is 0.489. The van der Waals surface area contributed by atoms with Crippen molar-refractivity contribution in [2.45, 2.75) is 33.0 Å². The Morgan fingerprint density at radius 3 is 2.84 bits per heavy atom. The van der Waals surface area contributed by atoms with E-state index in [4.69, 9.17) is 9.72 Å². The van der Waals surface area contributed by atoms with Crippen LogP contribution in [0.25, 0.3) is 0 Å². The molecule has 1 aromatic rings. The minimum Gasteiger partial charge on any atom is -0.378 e. The van der Waals surface area contributed by atoms with E-state index in [1.54, 1.807) is 18.4 Å². The van der Waals surface area contributed by atoms with Crippen LogP contribution in [0.5, 0.6) is 0 Å². The standard InChI is InChI=1S/C13H25N3OS2/c1-6-14-7-12-11(8-17-4)15-13(19-12)16(3)10(2)9-18-5/h10,14H,6-9H2,1-5H3. The number of hydrogen-bond donors (Lipinski definition) is 1. The zero-order valence-corrected chi connectivity index (χ0v) is 14.2. The maximum absolute atomic E-state index is 5.24. The SMILES string of the molecule is CCNCc1sc(N(C)C(C)CSC)nc1COC. The van der Waals surface area contributed by atoms with Crippen LogP contribution in [-0.2, 0) is 17.9 Å². The van der Waals surface area contributed by atoms with E-state index in [0.29, 0.717) is 12.6 Å². The van der Waals surface area contributed by atoms with Crippen LogP contribution in [0, 0.1) is 0 Å². The number of aromatic nitrogens is 1. The summed E-state index contributed by atoms with van der Waals surface area (Å²) in [5.41, 5.74) is 1.06. The fourth-order valence-corrected chi connectivity index (χ4v) is 3.49. The van der Waals surface area contributed by atoms with Crippen LogP contribution in [0.4, 0.5) is 5.13 Å². The molecule has 0 radical (unpaired) electrons. The van der Waals surface area contributed by atoms with E-state index in [0.717, 1.165) is 29.7 Å². The number of ether oxygens (including phenoxy) is 1. The van der Waals surface area contributed by atoms with Gasteiger partial charge in [0.15, 0.2) is 5.13 Å². The summed E-state index contributed by atoms with van der Waals surface area (Å²) in [6.45, 7) is 6.78. The van der Waals surface area contributed by atoms with Crippen molar-refractivity contribution in [1.82, 2.24) is 10.3 Å². The van der Waals surface area contributed by atoms with E-state index in [1.807, 2.05) is 11.8 Å². The highest BCUT2D eigenvalue weighted by Gasteiger charge is 2.17. The van der Waals surface area contributed by atoms with Gasteiger partial charge in [-0.25, -0.2) is 4.98 Å². The summed E-state index contributed by atoms with van der Waals surface area (Å²) in [5.74, 6) is 1.11. The van der Waals surface area contributed by atoms with Crippen LogP contribution in [-0.4, -0.2) is 43.7 Å². The predicted molar refractivity (Wildman–Crippen MR) is 86.5 cm³/mol. The third-order valence-electron chi connectivity index (χ3n) is 2.95. The topological polar surface area (TPSA) is 37.4 Å². The first-order chi connectivity index (χ1) is 9.13. The first-order valence-electron chi connectivity index (χ1n) is 6.54. The van der Waals surface area contributed by atoms with Crippen molar-refractivity contribution < 1.29 is 4.74 Å². The fraction of sp³-hybridized carbons (Fsp3) is 0.769. The average Bonchev–Trinajstić information content (AvgIpc) is 2.79. The number of hydrogen-bond acceptors (Lipinski definition) is 6. The second-order valence-corrected chi connectivity index (χ2v) is 6.47. The van der Waals surface area contributed by atoms with E-state index in [1.165, 1.54) is 4.88 Å². The van der Waals surface area contributed by atoms with E-state index >= 15 is 0 Å². The summed E-state index contributed by atoms with van der Waals surface area (Å²) in [4.78, 5) is 8.27. The number of thioether (sulfide) groups is 1. The molecule has 0 aliphatic heterocycles. The monoisotopic (exact) mass is 303 g/mol. The number of nitrogens with zero attached hydrogens (tertiary/aromatic N) is 2. The summed E-state index contributed by atoms with van der Waals surface area (Å²) < 4.78 is 5.24. The Bertz CT molecular complexity index is 371. The van der Waals surface area contributed by atoms with Gasteiger partial charge < -0.3 is 15.0 Å². The summed E-state index contributed by atoms with van der Waals surface area (Å²) in [6, 6.07) is 0.489. The molecule has 1 atom stereocenters. The van der Waals surface area contributed by atoms with Gasteiger partial charge in [-0.05, 0) is 19.7 Å².